The van der Waals surface area contributed by atoms with Gasteiger partial charge in [0, 0.05) is 29.6 Å². The predicted octanol–water partition coefficient (Wildman–Crippen LogP) is 2.27. The second kappa shape index (κ2) is 14.0. The minimum atomic E-state index is -1.12. The summed E-state index contributed by atoms with van der Waals surface area (Å²) in [5, 5.41) is 14.3. The zero-order valence-electron chi connectivity index (χ0n) is 21.4. The Labute approximate surface area is 248 Å². The van der Waals surface area contributed by atoms with Crippen molar-refractivity contribution < 1.29 is 58.1 Å². The number of benzene rings is 3. The molecule has 6 nitrogen and oxygen atoms in total. The number of amides is 1. The van der Waals surface area contributed by atoms with Gasteiger partial charge in [0.05, 0.1) is 11.6 Å². The van der Waals surface area contributed by atoms with E-state index in [2.05, 4.69) is 5.32 Å². The van der Waals surface area contributed by atoms with Crippen LogP contribution in [-0.2, 0) is 9.59 Å². The van der Waals surface area contributed by atoms with Crippen LogP contribution in [0.2, 0.25) is 5.02 Å². The molecule has 0 saturated heterocycles. The number of aliphatic carboxylic acids is 1. The van der Waals surface area contributed by atoms with Crippen LogP contribution >= 0.6 is 11.6 Å². The summed E-state index contributed by atoms with van der Waals surface area (Å²) in [5.41, 5.74) is 2.71. The standard InChI is InChI=1S/C17H15ClO4.C12H14FNO.Na/c1-10-2-4-11(5-3-10)22-16-9-15-13(8-14(16)18)12(17(19)20)6-7-21-15;13-11-3-1-2-9(6-11)10-4-5-12(7-10)14-8-15;/h2-5,8-9,12H,6-7H2,1H3,(H,19,20);1-3,6,8,10,12H,4-5,7H2,(H,14,15);/q;;+1/p-1. The van der Waals surface area contributed by atoms with Crippen molar-refractivity contribution in [2.75, 3.05) is 6.61 Å². The molecule has 9 heteroatoms. The molecule has 38 heavy (non-hydrogen) atoms. The number of carboxylic acid groups (broad SMARTS) is 1. The van der Waals surface area contributed by atoms with Gasteiger partial charge in [-0.2, -0.15) is 0 Å². The second-order valence-corrected chi connectivity index (χ2v) is 9.70. The molecule has 1 heterocycles. The van der Waals surface area contributed by atoms with Crippen LogP contribution in [0.1, 0.15) is 54.2 Å². The van der Waals surface area contributed by atoms with Gasteiger partial charge in [0.1, 0.15) is 23.1 Å². The number of carboxylic acids is 1. The third-order valence-electron chi connectivity index (χ3n) is 6.69. The summed E-state index contributed by atoms with van der Waals surface area (Å²) < 4.78 is 24.3. The molecule has 0 aromatic heterocycles. The van der Waals surface area contributed by atoms with Crippen LogP contribution in [0.4, 0.5) is 4.39 Å². The van der Waals surface area contributed by atoms with Crippen molar-refractivity contribution in [1.29, 1.82) is 0 Å². The minimum absolute atomic E-state index is 0. The smallest absolute Gasteiger partial charge is 0.549 e. The van der Waals surface area contributed by atoms with E-state index in [1.807, 2.05) is 37.3 Å². The van der Waals surface area contributed by atoms with E-state index < -0.39 is 11.9 Å². The van der Waals surface area contributed by atoms with Crippen molar-refractivity contribution in [1.82, 2.24) is 5.32 Å². The van der Waals surface area contributed by atoms with Gasteiger partial charge in [0.2, 0.25) is 6.41 Å². The average Bonchev–Trinajstić information content (AvgIpc) is 3.35. The molecular formula is C29H28ClFNNaO5. The molecule has 0 bridgehead atoms. The Morgan fingerprint density at radius 1 is 1.13 bits per heavy atom. The largest absolute Gasteiger partial charge is 1.00 e. The molecule has 5 rings (SSSR count). The third kappa shape index (κ3) is 7.73. The van der Waals surface area contributed by atoms with Gasteiger partial charge in [-0.05, 0) is 74.4 Å². The summed E-state index contributed by atoms with van der Waals surface area (Å²) in [6.07, 6.45) is 4.06. The SMILES string of the molecule is Cc1ccc(Oc2cc3c(cc2Cl)C(C(=O)[O-])CCO3)cc1.O=CNC1CCC(c2cccc(F)c2)C1.[Na+]. The first-order valence-corrected chi connectivity index (χ1v) is 12.6. The summed E-state index contributed by atoms with van der Waals surface area (Å²) >= 11 is 6.22. The maximum absolute atomic E-state index is 13.0. The maximum Gasteiger partial charge on any atom is 1.00 e. The Kier molecular flexibility index (Phi) is 11.0. The zero-order chi connectivity index (χ0) is 26.4. The van der Waals surface area contributed by atoms with Gasteiger partial charge in [0.25, 0.3) is 0 Å². The fourth-order valence-corrected chi connectivity index (χ4v) is 4.95. The molecule has 1 aliphatic carbocycles. The van der Waals surface area contributed by atoms with Crippen molar-refractivity contribution in [3.05, 3.63) is 88.2 Å². The Morgan fingerprint density at radius 2 is 1.89 bits per heavy atom. The molecule has 0 spiro atoms. The zero-order valence-corrected chi connectivity index (χ0v) is 24.2. The third-order valence-corrected chi connectivity index (χ3v) is 6.99. The topological polar surface area (TPSA) is 87.7 Å². The Bertz CT molecular complexity index is 1260. The number of ether oxygens (including phenoxy) is 2. The number of halogens is 2. The number of hydrogen-bond acceptors (Lipinski definition) is 5. The van der Waals surface area contributed by atoms with Crippen LogP contribution in [0.3, 0.4) is 0 Å². The van der Waals surface area contributed by atoms with Gasteiger partial charge in [-0.1, -0.05) is 41.4 Å². The summed E-state index contributed by atoms with van der Waals surface area (Å²) in [7, 11) is 0. The molecule has 3 aromatic rings. The summed E-state index contributed by atoms with van der Waals surface area (Å²) in [4.78, 5) is 21.5. The summed E-state index contributed by atoms with van der Waals surface area (Å²) in [5.74, 6) is -0.0464. The van der Waals surface area contributed by atoms with E-state index in [9.17, 15) is 19.1 Å². The average molecular weight is 548 g/mol. The molecular weight excluding hydrogens is 520 g/mol. The summed E-state index contributed by atoms with van der Waals surface area (Å²) in [6.45, 7) is 2.32. The molecule has 2 aliphatic rings. The van der Waals surface area contributed by atoms with Gasteiger partial charge in [0.15, 0.2) is 0 Å². The van der Waals surface area contributed by atoms with Crippen LogP contribution in [0.15, 0.2) is 60.7 Å². The molecule has 1 amide bonds. The van der Waals surface area contributed by atoms with E-state index in [1.54, 1.807) is 24.3 Å². The number of rotatable bonds is 6. The van der Waals surface area contributed by atoms with E-state index in [-0.39, 0.29) is 41.4 Å². The first-order valence-electron chi connectivity index (χ1n) is 12.2. The Balaban J connectivity index is 0.000000220. The maximum atomic E-state index is 13.0. The number of fused-ring (bicyclic) bond motifs is 1. The monoisotopic (exact) mass is 547 g/mol. The predicted molar refractivity (Wildman–Crippen MR) is 137 cm³/mol. The van der Waals surface area contributed by atoms with Gasteiger partial charge < -0.3 is 24.7 Å². The van der Waals surface area contributed by atoms with Gasteiger partial charge in [-0.15, -0.1) is 0 Å². The van der Waals surface area contributed by atoms with Crippen LogP contribution < -0.4 is 49.5 Å². The minimum Gasteiger partial charge on any atom is -0.549 e. The number of carbonyl (C=O) groups is 2. The Hall–Kier alpha value is -2.58. The summed E-state index contributed by atoms with van der Waals surface area (Å²) in [6, 6.07) is 17.8. The van der Waals surface area contributed by atoms with Gasteiger partial charge in [-0.3, -0.25) is 4.79 Å². The number of aryl methyl sites for hydroxylation is 1. The van der Waals surface area contributed by atoms with Gasteiger partial charge in [-0.25, -0.2) is 4.39 Å². The molecule has 1 saturated carbocycles. The molecule has 0 radical (unpaired) electrons. The van der Waals surface area contributed by atoms with Crippen LogP contribution in [0.5, 0.6) is 17.2 Å². The second-order valence-electron chi connectivity index (χ2n) is 9.29. The van der Waals surface area contributed by atoms with E-state index in [0.29, 0.717) is 46.8 Å². The molecule has 1 aliphatic heterocycles. The quantitative estimate of drug-likeness (QED) is 0.378. The van der Waals surface area contributed by atoms with Crippen LogP contribution in [0, 0.1) is 12.7 Å². The van der Waals surface area contributed by atoms with Crippen molar-refractivity contribution >= 4 is 24.0 Å². The van der Waals surface area contributed by atoms with Crippen molar-refractivity contribution in [3.63, 3.8) is 0 Å². The van der Waals surface area contributed by atoms with Crippen molar-refractivity contribution in [2.24, 2.45) is 0 Å². The van der Waals surface area contributed by atoms with E-state index in [0.717, 1.165) is 36.8 Å². The van der Waals surface area contributed by atoms with Crippen molar-refractivity contribution in [2.45, 2.75) is 50.5 Å². The molecule has 3 aromatic carbocycles. The molecule has 194 valence electrons. The first kappa shape index (κ1) is 30.0. The van der Waals surface area contributed by atoms with E-state index in [1.165, 1.54) is 6.07 Å². The number of nitrogens with one attached hydrogen (secondary N) is 1. The van der Waals surface area contributed by atoms with Gasteiger partial charge >= 0.3 is 29.6 Å². The number of hydrogen-bond donors (Lipinski definition) is 1. The molecule has 1 N–H and O–H groups in total. The molecule has 1 fully saturated rings. The normalized spacial score (nSPS) is 19.5. The molecule has 3 unspecified atom stereocenters. The van der Waals surface area contributed by atoms with Crippen LogP contribution in [0.25, 0.3) is 0 Å². The van der Waals surface area contributed by atoms with E-state index in [4.69, 9.17) is 21.1 Å². The van der Waals surface area contributed by atoms with Crippen LogP contribution in [-0.4, -0.2) is 25.0 Å². The Morgan fingerprint density at radius 3 is 2.58 bits per heavy atom. The molecule has 3 atom stereocenters. The van der Waals surface area contributed by atoms with Crippen molar-refractivity contribution in [3.8, 4) is 17.2 Å². The fraction of sp³-hybridized carbons (Fsp3) is 0.310. The fourth-order valence-electron chi connectivity index (χ4n) is 4.74. The first-order chi connectivity index (χ1) is 17.8. The number of carbonyl (C=O) groups excluding carboxylic acids is 2. The van der Waals surface area contributed by atoms with E-state index >= 15 is 0 Å².